The van der Waals surface area contributed by atoms with Crippen molar-refractivity contribution >= 4 is 11.9 Å². The Morgan fingerprint density at radius 3 is 1.83 bits per heavy atom. The zero-order valence-electron chi connectivity index (χ0n) is 42.2. The minimum absolute atomic E-state index is 0.00523. The van der Waals surface area contributed by atoms with Gasteiger partial charge in [-0.2, -0.15) is 0 Å². The first-order valence-corrected chi connectivity index (χ1v) is 25.6. The molecule has 3 heterocycles. The molecule has 0 radical (unpaired) electrons. The predicted octanol–water partition coefficient (Wildman–Crippen LogP) is 1.01. The molecule has 2 bridgehead atoms. The van der Waals surface area contributed by atoms with Gasteiger partial charge in [0.2, 0.25) is 5.91 Å². The number of allylic oxidation sites excluding steroid dienone is 12. The Balaban J connectivity index is 1.60. The van der Waals surface area contributed by atoms with Crippen LogP contribution in [0.5, 0.6) is 0 Å². The maximum Gasteiger partial charge on any atom is 0.308 e. The van der Waals surface area contributed by atoms with Crippen LogP contribution in [0.3, 0.4) is 0 Å². The number of aliphatic hydroxyl groups is 10. The zero-order valence-corrected chi connectivity index (χ0v) is 42.2. The number of ether oxygens (including phenoxy) is 4. The normalized spacial score (nSPS) is 45.5. The SMILES string of the molecule is C[C@@H]1[C@H](O)[C@@H](C)/C=C/C=C/C=C/C=C/C=C/C=C/C=C/[C@H](O[C@@H]2O[C@H](C)[C@@H](O)[C@H](N)[C@@H]2O)C[C@@H]2O[C@](O)(C[C@@H](O)C[C@@H](O)[C@H](O)CC[C@@H](O)C[C@@H](O)CC(=O)O[C@H]1C)C[C@H](O)C2C(=O)NC1CCC(N)CC1. The predicted molar refractivity (Wildman–Crippen MR) is 268 cm³/mol. The minimum Gasteiger partial charge on any atom is -0.462 e. The van der Waals surface area contributed by atoms with Gasteiger partial charge in [0.1, 0.15) is 12.2 Å². The van der Waals surface area contributed by atoms with Crippen molar-refractivity contribution in [3.8, 4) is 0 Å². The number of hydrogen-bond acceptors (Lipinski definition) is 18. The molecule has 0 aromatic rings. The first kappa shape index (κ1) is 61.1. The highest BCUT2D eigenvalue weighted by atomic mass is 16.7. The highest BCUT2D eigenvalue weighted by molar-refractivity contribution is 5.80. The largest absolute Gasteiger partial charge is 0.462 e. The van der Waals surface area contributed by atoms with Crippen LogP contribution in [0, 0.1) is 17.8 Å². The van der Waals surface area contributed by atoms with Crippen molar-refractivity contribution in [2.24, 2.45) is 29.2 Å². The van der Waals surface area contributed by atoms with Crippen molar-refractivity contribution in [3.63, 3.8) is 0 Å². The lowest BCUT2D eigenvalue weighted by atomic mass is 9.81. The van der Waals surface area contributed by atoms with Gasteiger partial charge in [0.25, 0.3) is 0 Å². The number of fused-ring (bicyclic) bond motifs is 2. The topological polar surface area (TPSA) is 337 Å². The standard InChI is InChI=1S/C53H85N3O16/c1-31-17-15-13-11-9-7-5-6-8-10-12-14-16-18-40(71-52-50(66)47(55)49(65)34(4)70-52)28-44-46(51(67)56-36-21-19-35(54)20-22-36)43(62)30-53(68,72-44)29-39(59)26-42(61)41(60)24-23-37(57)25-38(58)27-45(63)69-33(3)32(2)48(31)64/h5-18,31-44,46-50,52,57-62,64-66,68H,19-30,54-55H2,1-4H3,(H,56,67)/b6-5+,9-7+,10-8+,13-11+,14-12+,17-15+,18-16+/t31-,32-,33-,34+,35?,36?,37+,38+,39-,40-,41+,42+,43-,44-,46?,47-,48+,49+,50-,52-,53+/m0/s1. The van der Waals surface area contributed by atoms with E-state index in [0.717, 1.165) is 0 Å². The summed E-state index contributed by atoms with van der Waals surface area (Å²) in [6.45, 7) is 6.81. The summed E-state index contributed by atoms with van der Waals surface area (Å²) < 4.78 is 23.9. The minimum atomic E-state index is -2.27. The summed E-state index contributed by atoms with van der Waals surface area (Å²) in [7, 11) is 0. The average molecular weight is 1020 g/mol. The Labute approximate surface area is 424 Å². The van der Waals surface area contributed by atoms with Crippen LogP contribution in [-0.2, 0) is 28.5 Å². The van der Waals surface area contributed by atoms with Gasteiger partial charge in [-0.3, -0.25) is 9.59 Å². The number of nitrogens with two attached hydrogens (primary N) is 2. The lowest BCUT2D eigenvalue weighted by Crippen LogP contribution is -2.62. The van der Waals surface area contributed by atoms with Crippen LogP contribution >= 0.6 is 0 Å². The maximum absolute atomic E-state index is 14.1. The van der Waals surface area contributed by atoms with Crippen LogP contribution in [0.25, 0.3) is 0 Å². The molecule has 1 aliphatic carbocycles. The van der Waals surface area contributed by atoms with Gasteiger partial charge in [-0.15, -0.1) is 0 Å². The Bertz CT molecular complexity index is 1850. The van der Waals surface area contributed by atoms with E-state index < -0.39 is 147 Å². The summed E-state index contributed by atoms with van der Waals surface area (Å²) >= 11 is 0. The Hall–Kier alpha value is -3.48. The van der Waals surface area contributed by atoms with Crippen LogP contribution in [0.2, 0.25) is 0 Å². The van der Waals surface area contributed by atoms with Gasteiger partial charge in [0.05, 0.1) is 85.5 Å². The number of carbonyl (C=O) groups is 2. The van der Waals surface area contributed by atoms with E-state index in [1.54, 1.807) is 63.3 Å². The van der Waals surface area contributed by atoms with Crippen molar-refractivity contribution in [3.05, 3.63) is 85.1 Å². The van der Waals surface area contributed by atoms with Crippen LogP contribution < -0.4 is 16.8 Å². The molecule has 19 nitrogen and oxygen atoms in total. The summed E-state index contributed by atoms with van der Waals surface area (Å²) in [5.74, 6) is -5.52. The third kappa shape index (κ3) is 20.0. The van der Waals surface area contributed by atoms with Crippen molar-refractivity contribution in [1.82, 2.24) is 5.32 Å². The molecule has 1 saturated carbocycles. The van der Waals surface area contributed by atoms with E-state index in [-0.39, 0.29) is 43.7 Å². The highest BCUT2D eigenvalue weighted by Gasteiger charge is 2.51. The number of carbonyl (C=O) groups excluding carboxylic acids is 2. The lowest BCUT2D eigenvalue weighted by Gasteiger charge is -2.46. The number of nitrogens with one attached hydrogen (secondary N) is 1. The van der Waals surface area contributed by atoms with Crippen molar-refractivity contribution < 1.29 is 79.6 Å². The fourth-order valence-electron chi connectivity index (χ4n) is 9.55. The Kier molecular flexibility index (Phi) is 25.6. The molecule has 0 aromatic carbocycles. The van der Waals surface area contributed by atoms with E-state index in [4.69, 9.17) is 30.4 Å². The second-order valence-corrected chi connectivity index (χ2v) is 20.3. The van der Waals surface area contributed by atoms with E-state index in [1.165, 1.54) is 0 Å². The van der Waals surface area contributed by atoms with Crippen LogP contribution in [0.15, 0.2) is 85.1 Å². The smallest absolute Gasteiger partial charge is 0.308 e. The van der Waals surface area contributed by atoms with Gasteiger partial charge >= 0.3 is 5.97 Å². The number of esters is 1. The number of cyclic esters (lactones) is 1. The first-order valence-electron chi connectivity index (χ1n) is 25.6. The van der Waals surface area contributed by atoms with Gasteiger partial charge in [-0.05, 0) is 58.8 Å². The fraction of sp³-hybridized carbons (Fsp3) is 0.698. The van der Waals surface area contributed by atoms with E-state index in [2.05, 4.69) is 5.32 Å². The second-order valence-electron chi connectivity index (χ2n) is 20.3. The van der Waals surface area contributed by atoms with Gasteiger partial charge < -0.3 is 86.8 Å². The molecule has 72 heavy (non-hydrogen) atoms. The van der Waals surface area contributed by atoms with Gasteiger partial charge in [0, 0.05) is 49.6 Å². The highest BCUT2D eigenvalue weighted by Crippen LogP contribution is 2.38. The van der Waals surface area contributed by atoms with E-state index >= 15 is 0 Å². The first-order chi connectivity index (χ1) is 34.1. The summed E-state index contributed by atoms with van der Waals surface area (Å²) in [6.07, 6.45) is 7.54. The van der Waals surface area contributed by atoms with Crippen LogP contribution in [0.1, 0.15) is 105 Å². The number of rotatable bonds is 4. The summed E-state index contributed by atoms with van der Waals surface area (Å²) in [5, 5.41) is 113. The Morgan fingerprint density at radius 1 is 0.639 bits per heavy atom. The lowest BCUT2D eigenvalue weighted by molar-refractivity contribution is -0.307. The van der Waals surface area contributed by atoms with E-state index in [1.807, 2.05) is 49.5 Å². The molecule has 3 fully saturated rings. The molecule has 1 amide bonds. The van der Waals surface area contributed by atoms with Gasteiger partial charge in [-0.1, -0.05) is 98.9 Å². The third-order valence-electron chi connectivity index (χ3n) is 14.2. The second kappa shape index (κ2) is 30.2. The maximum atomic E-state index is 14.1. The third-order valence-corrected chi connectivity index (χ3v) is 14.2. The van der Waals surface area contributed by atoms with Gasteiger partial charge in [-0.25, -0.2) is 0 Å². The summed E-state index contributed by atoms with van der Waals surface area (Å²) in [5.41, 5.74) is 12.2. The molecule has 0 aromatic heterocycles. The molecular formula is C53H85N3O16. The van der Waals surface area contributed by atoms with Crippen molar-refractivity contribution in [2.45, 2.75) is 214 Å². The summed E-state index contributed by atoms with van der Waals surface area (Å²) in [6, 6.07) is -1.35. The monoisotopic (exact) mass is 1020 g/mol. The molecule has 4 rings (SSSR count). The van der Waals surface area contributed by atoms with Crippen molar-refractivity contribution in [2.75, 3.05) is 0 Å². The zero-order chi connectivity index (χ0) is 53.1. The number of hydrogen-bond donors (Lipinski definition) is 13. The molecule has 0 spiro atoms. The van der Waals surface area contributed by atoms with Crippen LogP contribution in [0.4, 0.5) is 0 Å². The van der Waals surface area contributed by atoms with E-state index in [9.17, 15) is 60.7 Å². The molecule has 408 valence electrons. The molecular weight excluding hydrogens is 935 g/mol. The molecule has 4 aliphatic rings. The van der Waals surface area contributed by atoms with E-state index in [0.29, 0.717) is 25.7 Å². The van der Waals surface area contributed by atoms with Crippen molar-refractivity contribution in [1.29, 1.82) is 0 Å². The van der Waals surface area contributed by atoms with Gasteiger partial charge in [0.15, 0.2) is 12.1 Å². The Morgan fingerprint density at radius 2 is 1.22 bits per heavy atom. The summed E-state index contributed by atoms with van der Waals surface area (Å²) in [4.78, 5) is 26.8. The molecule has 15 N–H and O–H groups in total. The molecule has 19 atom stereocenters. The van der Waals surface area contributed by atoms with Crippen LogP contribution in [-0.4, -0.2) is 172 Å². The molecule has 3 aliphatic heterocycles. The molecule has 19 heteroatoms. The fourth-order valence-corrected chi connectivity index (χ4v) is 9.55. The number of amides is 1. The molecule has 1 unspecified atom stereocenters. The quantitative estimate of drug-likeness (QED) is 0.175. The average Bonchev–Trinajstić information content (AvgIpc) is 3.30. The number of aliphatic hydroxyl groups excluding tert-OH is 9. The molecule has 2 saturated heterocycles.